The Bertz CT molecular complexity index is 583. The van der Waals surface area contributed by atoms with Crippen molar-refractivity contribution >= 4 is 17.4 Å². The number of anilines is 2. The van der Waals surface area contributed by atoms with Crippen molar-refractivity contribution in [3.05, 3.63) is 72.9 Å². The van der Waals surface area contributed by atoms with Gasteiger partial charge in [-0.2, -0.15) is 0 Å². The first-order valence-corrected chi connectivity index (χ1v) is 7.24. The predicted molar refractivity (Wildman–Crippen MR) is 85.5 cm³/mol. The summed E-state index contributed by atoms with van der Waals surface area (Å²) < 4.78 is 0. The molecular formula is C18H18N2O. The molecule has 0 saturated heterocycles. The molecule has 0 aliphatic carbocycles. The smallest absolute Gasteiger partial charge is 0.301 e. The highest BCUT2D eigenvalue weighted by Gasteiger charge is 2.23. The molecule has 0 aromatic heterocycles. The second-order valence-corrected chi connectivity index (χ2v) is 5.01. The maximum atomic E-state index is 12.9. The van der Waals surface area contributed by atoms with Crippen LogP contribution in [-0.2, 0) is 0 Å². The van der Waals surface area contributed by atoms with Crippen LogP contribution in [0.1, 0.15) is 12.8 Å². The normalized spacial score (nSPS) is 14.0. The molecule has 1 aliphatic rings. The first-order chi connectivity index (χ1) is 10.4. The van der Waals surface area contributed by atoms with Crippen molar-refractivity contribution in [1.29, 1.82) is 0 Å². The van der Waals surface area contributed by atoms with E-state index in [-0.39, 0.29) is 6.03 Å². The van der Waals surface area contributed by atoms with Gasteiger partial charge in [0.05, 0.1) is 11.4 Å². The monoisotopic (exact) mass is 278 g/mol. The second kappa shape index (κ2) is 6.27. The van der Waals surface area contributed by atoms with Crippen LogP contribution in [0.4, 0.5) is 16.2 Å². The summed E-state index contributed by atoms with van der Waals surface area (Å²) in [5.41, 5.74) is 1.76. The molecule has 3 rings (SSSR count). The fraction of sp³-hybridized carbons (Fsp3) is 0.167. The molecule has 2 amide bonds. The summed E-state index contributed by atoms with van der Waals surface area (Å²) >= 11 is 0. The minimum absolute atomic E-state index is 0.0108. The van der Waals surface area contributed by atoms with Crippen molar-refractivity contribution in [1.82, 2.24) is 4.90 Å². The number of para-hydroxylation sites is 2. The zero-order valence-corrected chi connectivity index (χ0v) is 11.9. The number of hydrogen-bond donors (Lipinski definition) is 0. The first-order valence-electron chi connectivity index (χ1n) is 7.24. The molecule has 2 aromatic carbocycles. The molecule has 0 atom stereocenters. The van der Waals surface area contributed by atoms with Crippen LogP contribution in [-0.4, -0.2) is 17.5 Å². The van der Waals surface area contributed by atoms with Gasteiger partial charge in [0.25, 0.3) is 0 Å². The fourth-order valence-electron chi connectivity index (χ4n) is 2.47. The molecule has 106 valence electrons. The van der Waals surface area contributed by atoms with Crippen molar-refractivity contribution in [3.63, 3.8) is 0 Å². The van der Waals surface area contributed by atoms with E-state index in [0.29, 0.717) is 0 Å². The van der Waals surface area contributed by atoms with Gasteiger partial charge < -0.3 is 4.90 Å². The SMILES string of the molecule is O=C(N1C=CCCC1)N(c1ccccc1)c1ccccc1. The van der Waals surface area contributed by atoms with Gasteiger partial charge in [-0.05, 0) is 37.1 Å². The Balaban J connectivity index is 1.98. The predicted octanol–water partition coefficient (Wildman–Crippen LogP) is 4.55. The van der Waals surface area contributed by atoms with E-state index in [1.807, 2.05) is 66.9 Å². The Labute approximate surface area is 125 Å². The lowest BCUT2D eigenvalue weighted by atomic mass is 10.2. The van der Waals surface area contributed by atoms with Crippen molar-refractivity contribution in [2.45, 2.75) is 12.8 Å². The number of amides is 2. The standard InChI is InChI=1S/C18H18N2O/c21-18(19-14-8-3-9-15-19)20(16-10-4-1-5-11-16)17-12-6-2-7-13-17/h1-2,4-8,10-14H,3,9,15H2. The minimum atomic E-state index is -0.0108. The number of carbonyl (C=O) groups is 1. The van der Waals surface area contributed by atoms with E-state index < -0.39 is 0 Å². The number of benzene rings is 2. The van der Waals surface area contributed by atoms with Crippen molar-refractivity contribution in [2.24, 2.45) is 0 Å². The summed E-state index contributed by atoms with van der Waals surface area (Å²) in [5.74, 6) is 0. The van der Waals surface area contributed by atoms with Gasteiger partial charge in [-0.1, -0.05) is 42.5 Å². The van der Waals surface area contributed by atoms with Crippen LogP contribution in [0.3, 0.4) is 0 Å². The maximum Gasteiger partial charge on any atom is 0.333 e. The molecule has 0 unspecified atom stereocenters. The van der Waals surface area contributed by atoms with Gasteiger partial charge in [-0.3, -0.25) is 4.90 Å². The molecule has 0 N–H and O–H groups in total. The average Bonchev–Trinajstić information content (AvgIpc) is 2.58. The molecule has 0 fully saturated rings. The third kappa shape index (κ3) is 2.97. The van der Waals surface area contributed by atoms with Gasteiger partial charge in [0.1, 0.15) is 0 Å². The molecule has 1 aliphatic heterocycles. The Morgan fingerprint density at radius 2 is 1.48 bits per heavy atom. The van der Waals surface area contributed by atoms with Crippen LogP contribution in [0.15, 0.2) is 72.9 Å². The first kappa shape index (κ1) is 13.4. The molecule has 21 heavy (non-hydrogen) atoms. The minimum Gasteiger partial charge on any atom is -0.301 e. The number of allylic oxidation sites excluding steroid dienone is 1. The quantitative estimate of drug-likeness (QED) is 0.790. The van der Waals surface area contributed by atoms with E-state index in [9.17, 15) is 4.79 Å². The van der Waals surface area contributed by atoms with Crippen LogP contribution >= 0.6 is 0 Å². The molecule has 0 radical (unpaired) electrons. The van der Waals surface area contributed by atoms with E-state index in [0.717, 1.165) is 30.8 Å². The number of carbonyl (C=O) groups excluding carboxylic acids is 1. The molecule has 0 bridgehead atoms. The summed E-state index contributed by atoms with van der Waals surface area (Å²) in [5, 5.41) is 0. The largest absolute Gasteiger partial charge is 0.333 e. The van der Waals surface area contributed by atoms with Crippen LogP contribution in [0, 0.1) is 0 Å². The number of urea groups is 1. The third-order valence-corrected chi connectivity index (χ3v) is 3.52. The third-order valence-electron chi connectivity index (χ3n) is 3.52. The number of rotatable bonds is 2. The maximum absolute atomic E-state index is 12.9. The topological polar surface area (TPSA) is 23.6 Å². The lowest BCUT2D eigenvalue weighted by molar-refractivity contribution is 0.222. The van der Waals surface area contributed by atoms with E-state index in [4.69, 9.17) is 0 Å². The van der Waals surface area contributed by atoms with Gasteiger partial charge >= 0.3 is 6.03 Å². The zero-order chi connectivity index (χ0) is 14.5. The summed E-state index contributed by atoms with van der Waals surface area (Å²) in [6.45, 7) is 0.769. The molecule has 2 aromatic rings. The number of nitrogens with zero attached hydrogens (tertiary/aromatic N) is 2. The Morgan fingerprint density at radius 1 is 0.905 bits per heavy atom. The van der Waals surface area contributed by atoms with Gasteiger partial charge in [-0.15, -0.1) is 0 Å². The molecule has 0 spiro atoms. The molecule has 0 saturated carbocycles. The second-order valence-electron chi connectivity index (χ2n) is 5.01. The van der Waals surface area contributed by atoms with Gasteiger partial charge in [0.2, 0.25) is 0 Å². The highest BCUT2D eigenvalue weighted by molar-refractivity contribution is 5.99. The van der Waals surface area contributed by atoms with Crippen LogP contribution < -0.4 is 4.90 Å². The Hall–Kier alpha value is -2.55. The molecular weight excluding hydrogens is 260 g/mol. The molecule has 3 heteroatoms. The van der Waals surface area contributed by atoms with Crippen LogP contribution in [0.5, 0.6) is 0 Å². The Morgan fingerprint density at radius 3 is 1.95 bits per heavy atom. The lowest BCUT2D eigenvalue weighted by Gasteiger charge is -2.30. The van der Waals surface area contributed by atoms with E-state index in [1.54, 1.807) is 9.80 Å². The zero-order valence-electron chi connectivity index (χ0n) is 11.9. The van der Waals surface area contributed by atoms with E-state index in [1.165, 1.54) is 0 Å². The van der Waals surface area contributed by atoms with Crippen molar-refractivity contribution < 1.29 is 4.79 Å². The highest BCUT2D eigenvalue weighted by Crippen LogP contribution is 2.27. The highest BCUT2D eigenvalue weighted by atomic mass is 16.2. The Kier molecular flexibility index (Phi) is 4.01. The van der Waals surface area contributed by atoms with Gasteiger partial charge in [0, 0.05) is 12.7 Å². The summed E-state index contributed by atoms with van der Waals surface area (Å²) in [4.78, 5) is 16.4. The lowest BCUT2D eigenvalue weighted by Crippen LogP contribution is -2.39. The van der Waals surface area contributed by atoms with Gasteiger partial charge in [-0.25, -0.2) is 4.79 Å². The van der Waals surface area contributed by atoms with E-state index in [2.05, 4.69) is 6.08 Å². The molecule has 1 heterocycles. The van der Waals surface area contributed by atoms with Crippen molar-refractivity contribution in [2.75, 3.05) is 11.4 Å². The summed E-state index contributed by atoms with van der Waals surface area (Å²) in [6, 6.07) is 19.5. The van der Waals surface area contributed by atoms with Crippen LogP contribution in [0.25, 0.3) is 0 Å². The summed E-state index contributed by atoms with van der Waals surface area (Å²) in [7, 11) is 0. The molecule has 3 nitrogen and oxygen atoms in total. The fourth-order valence-corrected chi connectivity index (χ4v) is 2.47. The van der Waals surface area contributed by atoms with E-state index >= 15 is 0 Å². The van der Waals surface area contributed by atoms with Crippen molar-refractivity contribution in [3.8, 4) is 0 Å². The van der Waals surface area contributed by atoms with Gasteiger partial charge in [0.15, 0.2) is 0 Å². The number of hydrogen-bond acceptors (Lipinski definition) is 1. The van der Waals surface area contributed by atoms with Crippen LogP contribution in [0.2, 0.25) is 0 Å². The summed E-state index contributed by atoms with van der Waals surface area (Å²) in [6.07, 6.45) is 6.00. The average molecular weight is 278 g/mol.